The standard InChI is InChI=1S/C21H29N5O3/c1-15-12-26(21(28)29-14-17-7-4-3-5-8-17)13-16(2)20(15)23-19(27)10-6-9-18-11-22-25-24-18/h3-5,7-8,11,15-16,20H,6,9-10,12-14H2,1-2H3,(H,23,27)(H,22,24,25). The average Bonchev–Trinajstić information content (AvgIpc) is 3.23. The summed E-state index contributed by atoms with van der Waals surface area (Å²) in [6.45, 7) is 5.54. The summed E-state index contributed by atoms with van der Waals surface area (Å²) in [7, 11) is 0. The maximum Gasteiger partial charge on any atom is 0.410 e. The van der Waals surface area contributed by atoms with E-state index in [4.69, 9.17) is 4.74 Å². The molecule has 1 aliphatic rings. The molecule has 0 aliphatic carbocycles. The van der Waals surface area contributed by atoms with Crippen molar-refractivity contribution in [1.29, 1.82) is 0 Å². The number of nitrogens with zero attached hydrogens (tertiary/aromatic N) is 3. The molecule has 2 atom stereocenters. The van der Waals surface area contributed by atoms with Gasteiger partial charge in [0, 0.05) is 25.6 Å². The summed E-state index contributed by atoms with van der Waals surface area (Å²) in [4.78, 5) is 26.5. The van der Waals surface area contributed by atoms with Crippen LogP contribution in [-0.2, 0) is 22.6 Å². The quantitative estimate of drug-likeness (QED) is 0.745. The number of aromatic amines is 1. The fourth-order valence-electron chi connectivity index (χ4n) is 3.84. The topological polar surface area (TPSA) is 100 Å². The lowest BCUT2D eigenvalue weighted by atomic mass is 9.85. The van der Waals surface area contributed by atoms with Crippen molar-refractivity contribution in [1.82, 2.24) is 25.6 Å². The highest BCUT2D eigenvalue weighted by Gasteiger charge is 2.35. The van der Waals surface area contributed by atoms with Crippen LogP contribution in [-0.4, -0.2) is 51.4 Å². The van der Waals surface area contributed by atoms with Crippen LogP contribution in [0.3, 0.4) is 0 Å². The van der Waals surface area contributed by atoms with Crippen molar-refractivity contribution in [3.63, 3.8) is 0 Å². The Bertz CT molecular complexity index is 769. The third-order valence-electron chi connectivity index (χ3n) is 5.34. The minimum atomic E-state index is -0.301. The largest absolute Gasteiger partial charge is 0.445 e. The molecule has 0 radical (unpaired) electrons. The van der Waals surface area contributed by atoms with E-state index < -0.39 is 0 Å². The molecular weight excluding hydrogens is 370 g/mol. The van der Waals surface area contributed by atoms with Gasteiger partial charge in [-0.1, -0.05) is 44.2 Å². The van der Waals surface area contributed by atoms with Crippen LogP contribution in [0.4, 0.5) is 4.79 Å². The van der Waals surface area contributed by atoms with Crippen LogP contribution in [0.15, 0.2) is 36.5 Å². The van der Waals surface area contributed by atoms with Gasteiger partial charge in [-0.15, -0.1) is 0 Å². The normalized spacial score (nSPS) is 21.6. The van der Waals surface area contributed by atoms with E-state index in [1.165, 1.54) is 0 Å². The molecule has 2 amide bonds. The summed E-state index contributed by atoms with van der Waals surface area (Å²) in [5.41, 5.74) is 1.83. The van der Waals surface area contributed by atoms with E-state index in [1.807, 2.05) is 30.3 Å². The zero-order valence-electron chi connectivity index (χ0n) is 17.0. The summed E-state index contributed by atoms with van der Waals surface area (Å²) < 4.78 is 5.46. The van der Waals surface area contributed by atoms with Gasteiger partial charge in [0.25, 0.3) is 0 Å². The summed E-state index contributed by atoms with van der Waals surface area (Å²) in [5, 5.41) is 13.5. The number of benzene rings is 1. The number of nitrogens with one attached hydrogen (secondary N) is 2. The molecule has 1 aromatic carbocycles. The van der Waals surface area contributed by atoms with Crippen molar-refractivity contribution in [2.75, 3.05) is 13.1 Å². The van der Waals surface area contributed by atoms with Gasteiger partial charge in [-0.2, -0.15) is 15.4 Å². The van der Waals surface area contributed by atoms with Crippen LogP contribution < -0.4 is 5.32 Å². The number of rotatable bonds is 7. The molecule has 1 saturated heterocycles. The Morgan fingerprint density at radius 1 is 1.21 bits per heavy atom. The molecule has 2 aromatic rings. The maximum absolute atomic E-state index is 12.4. The molecule has 1 aliphatic heterocycles. The number of aryl methyl sites for hydroxylation is 1. The van der Waals surface area contributed by atoms with Crippen LogP contribution in [0.2, 0.25) is 0 Å². The van der Waals surface area contributed by atoms with E-state index in [-0.39, 0.29) is 36.5 Å². The Labute approximate surface area is 171 Å². The molecule has 0 bridgehead atoms. The number of carbonyl (C=O) groups excluding carboxylic acids is 2. The van der Waals surface area contributed by atoms with Crippen molar-refractivity contribution in [3.05, 3.63) is 47.8 Å². The van der Waals surface area contributed by atoms with Gasteiger partial charge in [-0.05, 0) is 30.2 Å². The molecule has 8 nitrogen and oxygen atoms in total. The Balaban J connectivity index is 1.42. The molecule has 1 fully saturated rings. The lowest BCUT2D eigenvalue weighted by Crippen LogP contribution is -2.56. The highest BCUT2D eigenvalue weighted by atomic mass is 16.6. The fraction of sp³-hybridized carbons (Fsp3) is 0.524. The fourth-order valence-corrected chi connectivity index (χ4v) is 3.84. The molecule has 3 rings (SSSR count). The van der Waals surface area contributed by atoms with Crippen molar-refractivity contribution >= 4 is 12.0 Å². The summed E-state index contributed by atoms with van der Waals surface area (Å²) in [5.74, 6) is 0.349. The SMILES string of the molecule is CC1CN(C(=O)OCc2ccccc2)CC(C)C1NC(=O)CCCc1cn[nH]n1. The Hall–Kier alpha value is -2.90. The second-order valence-corrected chi connectivity index (χ2v) is 7.81. The van der Waals surface area contributed by atoms with Crippen LogP contribution in [0.25, 0.3) is 0 Å². The van der Waals surface area contributed by atoms with E-state index in [9.17, 15) is 9.59 Å². The minimum Gasteiger partial charge on any atom is -0.445 e. The lowest BCUT2D eigenvalue weighted by Gasteiger charge is -2.41. The number of H-pyrrole nitrogens is 1. The Kier molecular flexibility index (Phi) is 7.21. The second-order valence-electron chi connectivity index (χ2n) is 7.81. The number of carbonyl (C=O) groups is 2. The van der Waals surface area contributed by atoms with Crippen LogP contribution >= 0.6 is 0 Å². The van der Waals surface area contributed by atoms with E-state index in [2.05, 4.69) is 34.6 Å². The molecule has 2 unspecified atom stereocenters. The summed E-state index contributed by atoms with van der Waals surface area (Å²) in [6.07, 6.45) is 3.28. The first-order valence-corrected chi connectivity index (χ1v) is 10.1. The molecular formula is C21H29N5O3. The van der Waals surface area contributed by atoms with Gasteiger partial charge in [-0.25, -0.2) is 4.79 Å². The van der Waals surface area contributed by atoms with Gasteiger partial charge < -0.3 is 15.0 Å². The molecule has 0 saturated carbocycles. The Morgan fingerprint density at radius 3 is 2.59 bits per heavy atom. The average molecular weight is 399 g/mol. The number of piperidine rings is 1. The van der Waals surface area contributed by atoms with E-state index >= 15 is 0 Å². The lowest BCUT2D eigenvalue weighted by molar-refractivity contribution is -0.123. The minimum absolute atomic E-state index is 0.0392. The highest BCUT2D eigenvalue weighted by molar-refractivity contribution is 5.76. The third kappa shape index (κ3) is 6.04. The first-order valence-electron chi connectivity index (χ1n) is 10.1. The summed E-state index contributed by atoms with van der Waals surface area (Å²) in [6, 6.07) is 9.70. The van der Waals surface area contributed by atoms with E-state index in [0.717, 1.165) is 24.1 Å². The predicted molar refractivity (Wildman–Crippen MR) is 108 cm³/mol. The van der Waals surface area contributed by atoms with Crippen molar-refractivity contribution in [3.8, 4) is 0 Å². The number of hydrogen-bond donors (Lipinski definition) is 2. The van der Waals surface area contributed by atoms with Crippen molar-refractivity contribution in [2.45, 2.75) is 45.8 Å². The Morgan fingerprint density at radius 2 is 1.93 bits per heavy atom. The highest BCUT2D eigenvalue weighted by Crippen LogP contribution is 2.23. The predicted octanol–water partition coefficient (Wildman–Crippen LogP) is 2.54. The van der Waals surface area contributed by atoms with E-state index in [1.54, 1.807) is 11.1 Å². The first kappa shape index (κ1) is 20.8. The summed E-state index contributed by atoms with van der Waals surface area (Å²) >= 11 is 0. The molecule has 156 valence electrons. The van der Waals surface area contributed by atoms with Gasteiger partial charge in [-0.3, -0.25) is 4.79 Å². The van der Waals surface area contributed by atoms with Crippen LogP contribution in [0.5, 0.6) is 0 Å². The smallest absolute Gasteiger partial charge is 0.410 e. The van der Waals surface area contributed by atoms with E-state index in [0.29, 0.717) is 19.5 Å². The molecule has 1 aromatic heterocycles. The van der Waals surface area contributed by atoms with Crippen LogP contribution in [0, 0.1) is 11.8 Å². The molecule has 29 heavy (non-hydrogen) atoms. The number of aromatic nitrogens is 3. The van der Waals surface area contributed by atoms with Gasteiger partial charge in [0.2, 0.25) is 5.91 Å². The number of likely N-dealkylation sites (tertiary alicyclic amines) is 1. The van der Waals surface area contributed by atoms with Crippen LogP contribution in [0.1, 0.15) is 37.9 Å². The van der Waals surface area contributed by atoms with Crippen molar-refractivity contribution < 1.29 is 14.3 Å². The molecule has 8 heteroatoms. The number of amides is 2. The van der Waals surface area contributed by atoms with Crippen molar-refractivity contribution in [2.24, 2.45) is 11.8 Å². The molecule has 2 N–H and O–H groups in total. The number of ether oxygens (including phenoxy) is 1. The molecule has 0 spiro atoms. The number of hydrogen-bond acceptors (Lipinski definition) is 5. The zero-order valence-corrected chi connectivity index (χ0v) is 17.0. The molecule has 2 heterocycles. The zero-order chi connectivity index (χ0) is 20.6. The van der Waals surface area contributed by atoms with Gasteiger partial charge in [0.15, 0.2) is 0 Å². The first-order chi connectivity index (χ1) is 14.0. The van der Waals surface area contributed by atoms with Gasteiger partial charge in [0.1, 0.15) is 6.61 Å². The van der Waals surface area contributed by atoms with Gasteiger partial charge in [0.05, 0.1) is 11.9 Å². The maximum atomic E-state index is 12.4. The van der Waals surface area contributed by atoms with Gasteiger partial charge >= 0.3 is 6.09 Å². The third-order valence-corrected chi connectivity index (χ3v) is 5.34. The second kappa shape index (κ2) is 10.0. The monoisotopic (exact) mass is 399 g/mol.